The molecule has 1 amide bonds. The molecule has 24 heavy (non-hydrogen) atoms. The average Bonchev–Trinajstić information content (AvgIpc) is 2.49. The summed E-state index contributed by atoms with van der Waals surface area (Å²) >= 11 is 0. The molecule has 2 aromatic carbocycles. The number of hydrogen-bond acceptors (Lipinski definition) is 4. The minimum atomic E-state index is -3.75. The second-order valence-corrected chi connectivity index (χ2v) is 6.98. The number of nitrogens with one attached hydrogen (secondary N) is 1. The summed E-state index contributed by atoms with van der Waals surface area (Å²) in [6.07, 6.45) is 0. The molecule has 8 heteroatoms. The van der Waals surface area contributed by atoms with Crippen LogP contribution in [0, 0.1) is 5.82 Å². The van der Waals surface area contributed by atoms with Crippen LogP contribution in [0.2, 0.25) is 0 Å². The van der Waals surface area contributed by atoms with Crippen molar-refractivity contribution in [1.29, 1.82) is 0 Å². The summed E-state index contributed by atoms with van der Waals surface area (Å²) in [6.45, 7) is 0.631. The summed E-state index contributed by atoms with van der Waals surface area (Å²) in [4.78, 5) is 13.8. The standard InChI is InChI=1S/C16H18FN3O3S/c1-20(10-12-2-4-13(17)5-3-12)11-16(21)19-14-6-8-15(9-7-14)24(18,22)23/h2-9H,10-11H2,1H3,(H,19,21)(H2,18,22,23). The molecule has 0 aliphatic heterocycles. The molecule has 0 unspecified atom stereocenters. The zero-order valence-corrected chi connectivity index (χ0v) is 13.9. The Morgan fingerprint density at radius 2 is 1.71 bits per heavy atom. The molecule has 3 N–H and O–H groups in total. The van der Waals surface area contributed by atoms with E-state index >= 15 is 0 Å². The summed E-state index contributed by atoms with van der Waals surface area (Å²) in [5, 5.41) is 7.68. The number of amides is 1. The summed E-state index contributed by atoms with van der Waals surface area (Å²) in [6, 6.07) is 11.7. The van der Waals surface area contributed by atoms with Gasteiger partial charge in [0.2, 0.25) is 15.9 Å². The Kier molecular flexibility index (Phi) is 5.66. The van der Waals surface area contributed by atoms with Crippen molar-refractivity contribution in [2.24, 2.45) is 5.14 Å². The fourth-order valence-electron chi connectivity index (χ4n) is 2.13. The Hall–Kier alpha value is -2.29. The lowest BCUT2D eigenvalue weighted by Crippen LogP contribution is -2.29. The largest absolute Gasteiger partial charge is 0.325 e. The number of likely N-dealkylation sites (N-methyl/N-ethyl adjacent to an activating group) is 1. The van der Waals surface area contributed by atoms with E-state index in [4.69, 9.17) is 5.14 Å². The van der Waals surface area contributed by atoms with Gasteiger partial charge in [0.1, 0.15) is 5.82 Å². The molecule has 0 saturated carbocycles. The smallest absolute Gasteiger partial charge is 0.238 e. The zero-order valence-electron chi connectivity index (χ0n) is 13.1. The number of halogens is 1. The SMILES string of the molecule is CN(CC(=O)Nc1ccc(S(N)(=O)=O)cc1)Cc1ccc(F)cc1. The van der Waals surface area contributed by atoms with Gasteiger partial charge in [-0.3, -0.25) is 9.69 Å². The number of carbonyl (C=O) groups is 1. The van der Waals surface area contributed by atoms with Gasteiger partial charge in [-0.2, -0.15) is 0 Å². The summed E-state index contributed by atoms with van der Waals surface area (Å²) < 4.78 is 35.2. The molecule has 0 atom stereocenters. The van der Waals surface area contributed by atoms with E-state index < -0.39 is 10.0 Å². The molecule has 0 saturated heterocycles. The van der Waals surface area contributed by atoms with E-state index in [-0.39, 0.29) is 23.2 Å². The molecule has 2 aromatic rings. The summed E-state index contributed by atoms with van der Waals surface area (Å²) in [5.74, 6) is -0.551. The maximum Gasteiger partial charge on any atom is 0.238 e. The third-order valence-corrected chi connectivity index (χ3v) is 4.18. The van der Waals surface area contributed by atoms with Crippen LogP contribution in [0.1, 0.15) is 5.56 Å². The number of sulfonamides is 1. The van der Waals surface area contributed by atoms with Crippen LogP contribution in [0.25, 0.3) is 0 Å². The maximum absolute atomic E-state index is 12.9. The quantitative estimate of drug-likeness (QED) is 0.826. The first-order valence-corrected chi connectivity index (χ1v) is 8.64. The van der Waals surface area contributed by atoms with E-state index in [0.717, 1.165) is 5.56 Å². The molecule has 0 radical (unpaired) electrons. The highest BCUT2D eigenvalue weighted by Gasteiger charge is 2.10. The van der Waals surface area contributed by atoms with Crippen LogP contribution >= 0.6 is 0 Å². The third kappa shape index (κ3) is 5.41. The van der Waals surface area contributed by atoms with Gasteiger partial charge in [-0.25, -0.2) is 17.9 Å². The van der Waals surface area contributed by atoms with Crippen LogP contribution in [0.3, 0.4) is 0 Å². The predicted octanol–water partition coefficient (Wildman–Crippen LogP) is 1.54. The Morgan fingerprint density at radius 1 is 1.12 bits per heavy atom. The highest BCUT2D eigenvalue weighted by Crippen LogP contribution is 2.13. The van der Waals surface area contributed by atoms with Crippen LogP contribution in [0.4, 0.5) is 10.1 Å². The van der Waals surface area contributed by atoms with Gasteiger partial charge in [-0.05, 0) is 49.0 Å². The fraction of sp³-hybridized carbons (Fsp3) is 0.188. The van der Waals surface area contributed by atoms with Crippen LogP contribution in [-0.4, -0.2) is 32.8 Å². The Labute approximate surface area is 140 Å². The van der Waals surface area contributed by atoms with Crippen molar-refractivity contribution >= 4 is 21.6 Å². The highest BCUT2D eigenvalue weighted by molar-refractivity contribution is 7.89. The Morgan fingerprint density at radius 3 is 2.25 bits per heavy atom. The number of primary sulfonamides is 1. The van der Waals surface area contributed by atoms with Crippen LogP contribution in [-0.2, 0) is 21.4 Å². The van der Waals surface area contributed by atoms with E-state index in [1.807, 2.05) is 0 Å². The summed E-state index contributed by atoms with van der Waals surface area (Å²) in [7, 11) is -1.98. The average molecular weight is 351 g/mol. The van der Waals surface area contributed by atoms with Gasteiger partial charge in [-0.15, -0.1) is 0 Å². The molecule has 0 fully saturated rings. The molecule has 2 rings (SSSR count). The van der Waals surface area contributed by atoms with Crippen molar-refractivity contribution in [1.82, 2.24) is 4.90 Å². The van der Waals surface area contributed by atoms with Crippen molar-refractivity contribution in [3.05, 3.63) is 59.9 Å². The molecule has 0 aromatic heterocycles. The van der Waals surface area contributed by atoms with Crippen molar-refractivity contribution in [2.45, 2.75) is 11.4 Å². The highest BCUT2D eigenvalue weighted by atomic mass is 32.2. The van der Waals surface area contributed by atoms with Crippen molar-refractivity contribution < 1.29 is 17.6 Å². The lowest BCUT2D eigenvalue weighted by atomic mass is 10.2. The number of hydrogen-bond donors (Lipinski definition) is 2. The van der Waals surface area contributed by atoms with Gasteiger partial charge >= 0.3 is 0 Å². The van der Waals surface area contributed by atoms with Crippen LogP contribution in [0.5, 0.6) is 0 Å². The molecule has 0 aliphatic carbocycles. The topological polar surface area (TPSA) is 92.5 Å². The number of nitrogens with two attached hydrogens (primary N) is 1. The van der Waals surface area contributed by atoms with Gasteiger partial charge in [0, 0.05) is 12.2 Å². The predicted molar refractivity (Wildman–Crippen MR) is 89.2 cm³/mol. The normalized spacial score (nSPS) is 11.5. The number of benzene rings is 2. The molecule has 0 spiro atoms. The van der Waals surface area contributed by atoms with Crippen LogP contribution < -0.4 is 10.5 Å². The fourth-order valence-corrected chi connectivity index (χ4v) is 2.65. The lowest BCUT2D eigenvalue weighted by molar-refractivity contribution is -0.117. The van der Waals surface area contributed by atoms with E-state index in [1.165, 1.54) is 36.4 Å². The first kappa shape index (κ1) is 18.1. The van der Waals surface area contributed by atoms with E-state index in [0.29, 0.717) is 12.2 Å². The minimum Gasteiger partial charge on any atom is -0.325 e. The van der Waals surface area contributed by atoms with Crippen molar-refractivity contribution in [3.8, 4) is 0 Å². The van der Waals surface area contributed by atoms with E-state index in [1.54, 1.807) is 24.1 Å². The molecule has 0 bridgehead atoms. The van der Waals surface area contributed by atoms with Gasteiger partial charge in [0.25, 0.3) is 0 Å². The van der Waals surface area contributed by atoms with Crippen molar-refractivity contribution in [3.63, 3.8) is 0 Å². The number of nitrogens with zero attached hydrogens (tertiary/aromatic N) is 1. The minimum absolute atomic E-state index is 0.0195. The molecule has 0 heterocycles. The van der Waals surface area contributed by atoms with E-state index in [2.05, 4.69) is 5.32 Å². The first-order valence-electron chi connectivity index (χ1n) is 7.10. The molecule has 6 nitrogen and oxygen atoms in total. The van der Waals surface area contributed by atoms with E-state index in [9.17, 15) is 17.6 Å². The number of anilines is 1. The molecule has 128 valence electrons. The molecular formula is C16H18FN3O3S. The zero-order chi connectivity index (χ0) is 17.7. The molecule has 0 aliphatic rings. The van der Waals surface area contributed by atoms with Crippen LogP contribution in [0.15, 0.2) is 53.4 Å². The van der Waals surface area contributed by atoms with Gasteiger partial charge in [0.05, 0.1) is 11.4 Å². The lowest BCUT2D eigenvalue weighted by Gasteiger charge is -2.16. The van der Waals surface area contributed by atoms with Crippen molar-refractivity contribution in [2.75, 3.05) is 18.9 Å². The van der Waals surface area contributed by atoms with Gasteiger partial charge in [0.15, 0.2) is 0 Å². The monoisotopic (exact) mass is 351 g/mol. The number of rotatable bonds is 6. The summed E-state index contributed by atoms with van der Waals surface area (Å²) in [5.41, 5.74) is 1.37. The third-order valence-electron chi connectivity index (χ3n) is 3.25. The van der Waals surface area contributed by atoms with Gasteiger partial charge in [-0.1, -0.05) is 12.1 Å². The second kappa shape index (κ2) is 7.52. The van der Waals surface area contributed by atoms with Gasteiger partial charge < -0.3 is 5.32 Å². The number of carbonyl (C=O) groups excluding carboxylic acids is 1. The first-order chi connectivity index (χ1) is 11.2. The maximum atomic E-state index is 12.9. The second-order valence-electron chi connectivity index (χ2n) is 5.42. The Balaban J connectivity index is 1.89. The molecular weight excluding hydrogens is 333 g/mol. The Bertz CT molecular complexity index is 805.